The van der Waals surface area contributed by atoms with Crippen LogP contribution in [-0.4, -0.2) is 27.2 Å². The second kappa shape index (κ2) is 4.76. The molecular weight excluding hydrogens is 244 g/mol. The highest BCUT2D eigenvalue weighted by atomic mass is 16.5. The number of aryl methyl sites for hydroxylation is 2. The lowest BCUT2D eigenvalue weighted by atomic mass is 10.1. The largest absolute Gasteiger partial charge is 0.493 e. The Hall–Kier alpha value is -2.30. The van der Waals surface area contributed by atoms with E-state index in [1.54, 1.807) is 17.1 Å². The highest BCUT2D eigenvalue weighted by Gasteiger charge is 2.12. The average Bonchev–Trinajstić information content (AvgIpc) is 3.04. The number of benzene rings is 1. The van der Waals surface area contributed by atoms with Crippen LogP contribution >= 0.6 is 0 Å². The van der Waals surface area contributed by atoms with Crippen molar-refractivity contribution >= 4 is 5.97 Å². The van der Waals surface area contributed by atoms with E-state index < -0.39 is 5.97 Å². The molecule has 0 bridgehead atoms. The molecule has 1 aromatic carbocycles. The molecule has 0 amide bonds. The van der Waals surface area contributed by atoms with Gasteiger partial charge in [0, 0.05) is 19.2 Å². The van der Waals surface area contributed by atoms with Gasteiger partial charge in [-0.05, 0) is 23.6 Å². The predicted molar refractivity (Wildman–Crippen MR) is 68.5 cm³/mol. The Kier molecular flexibility index (Phi) is 2.95. The van der Waals surface area contributed by atoms with Gasteiger partial charge in [0.1, 0.15) is 5.75 Å². The van der Waals surface area contributed by atoms with Gasteiger partial charge in [0.2, 0.25) is 0 Å². The van der Waals surface area contributed by atoms with Crippen molar-refractivity contribution in [2.45, 2.75) is 19.4 Å². The summed E-state index contributed by atoms with van der Waals surface area (Å²) in [6.07, 6.45) is 4.93. The van der Waals surface area contributed by atoms with Gasteiger partial charge in [0.05, 0.1) is 12.9 Å². The van der Waals surface area contributed by atoms with Gasteiger partial charge in [0.15, 0.2) is 5.69 Å². The van der Waals surface area contributed by atoms with E-state index in [1.807, 2.05) is 6.07 Å². The van der Waals surface area contributed by atoms with Crippen LogP contribution in [0.4, 0.5) is 0 Å². The number of fused-ring (bicyclic) bond motifs is 1. The van der Waals surface area contributed by atoms with E-state index in [0.29, 0.717) is 0 Å². The number of rotatable bonds is 4. The Balaban J connectivity index is 1.67. The van der Waals surface area contributed by atoms with Crippen molar-refractivity contribution in [3.63, 3.8) is 0 Å². The lowest BCUT2D eigenvalue weighted by Gasteiger charge is -2.05. The first-order valence-electron chi connectivity index (χ1n) is 6.22. The molecule has 1 N–H and O–H groups in total. The first-order chi connectivity index (χ1) is 9.22. The van der Waals surface area contributed by atoms with E-state index in [2.05, 4.69) is 17.1 Å². The number of nitrogens with zero attached hydrogens (tertiary/aromatic N) is 2. The zero-order valence-corrected chi connectivity index (χ0v) is 10.4. The summed E-state index contributed by atoms with van der Waals surface area (Å²) < 4.78 is 7.26. The third-order valence-electron chi connectivity index (χ3n) is 3.26. The fourth-order valence-electron chi connectivity index (χ4n) is 2.25. The van der Waals surface area contributed by atoms with Crippen molar-refractivity contribution in [2.24, 2.45) is 0 Å². The van der Waals surface area contributed by atoms with Crippen LogP contribution in [0, 0.1) is 0 Å². The van der Waals surface area contributed by atoms with Crippen LogP contribution in [0.3, 0.4) is 0 Å². The van der Waals surface area contributed by atoms with Crippen molar-refractivity contribution in [3.8, 4) is 5.75 Å². The molecule has 0 saturated heterocycles. The number of carbonyl (C=O) groups is 1. The standard InChI is InChI=1S/C14H14N2O3/c17-14(18)12-8-16(9-15-12)5-3-10-1-2-13-11(7-10)4-6-19-13/h1-2,7-9H,3-6H2,(H,17,18). The molecule has 0 atom stereocenters. The Morgan fingerprint density at radius 1 is 1.47 bits per heavy atom. The minimum atomic E-state index is -0.992. The maximum absolute atomic E-state index is 10.7. The van der Waals surface area contributed by atoms with Crippen LogP contribution in [0.5, 0.6) is 5.75 Å². The number of ether oxygens (including phenoxy) is 1. The summed E-state index contributed by atoms with van der Waals surface area (Å²) in [5, 5.41) is 8.80. The Morgan fingerprint density at radius 3 is 3.16 bits per heavy atom. The van der Waals surface area contributed by atoms with Crippen molar-refractivity contribution in [1.29, 1.82) is 0 Å². The Bertz CT molecular complexity index is 619. The van der Waals surface area contributed by atoms with Gasteiger partial charge in [0.25, 0.3) is 0 Å². The molecule has 0 unspecified atom stereocenters. The predicted octanol–water partition coefficient (Wildman–Crippen LogP) is 1.76. The molecule has 2 heterocycles. The molecule has 2 aromatic rings. The average molecular weight is 258 g/mol. The van der Waals surface area contributed by atoms with E-state index in [4.69, 9.17) is 9.84 Å². The minimum Gasteiger partial charge on any atom is -0.493 e. The second-order valence-corrected chi connectivity index (χ2v) is 4.59. The lowest BCUT2D eigenvalue weighted by molar-refractivity contribution is 0.0691. The molecule has 19 heavy (non-hydrogen) atoms. The third kappa shape index (κ3) is 2.45. The van der Waals surface area contributed by atoms with E-state index in [0.717, 1.165) is 31.7 Å². The SMILES string of the molecule is O=C(O)c1cn(CCc2ccc3c(c2)CCO3)cn1. The van der Waals surface area contributed by atoms with Gasteiger partial charge in [-0.15, -0.1) is 0 Å². The molecule has 98 valence electrons. The number of hydrogen-bond acceptors (Lipinski definition) is 3. The number of hydrogen-bond donors (Lipinski definition) is 1. The molecule has 1 aliphatic heterocycles. The molecule has 0 fully saturated rings. The van der Waals surface area contributed by atoms with E-state index >= 15 is 0 Å². The van der Waals surface area contributed by atoms with Crippen LogP contribution in [0.2, 0.25) is 0 Å². The lowest BCUT2D eigenvalue weighted by Crippen LogP contribution is -2.00. The topological polar surface area (TPSA) is 64.3 Å². The zero-order chi connectivity index (χ0) is 13.2. The summed E-state index contributed by atoms with van der Waals surface area (Å²) in [5.41, 5.74) is 2.58. The molecule has 5 nitrogen and oxygen atoms in total. The quantitative estimate of drug-likeness (QED) is 0.907. The first-order valence-corrected chi connectivity index (χ1v) is 6.22. The smallest absolute Gasteiger partial charge is 0.356 e. The van der Waals surface area contributed by atoms with E-state index in [9.17, 15) is 4.79 Å². The maximum Gasteiger partial charge on any atom is 0.356 e. The fraction of sp³-hybridized carbons (Fsp3) is 0.286. The monoisotopic (exact) mass is 258 g/mol. The van der Waals surface area contributed by atoms with Crippen molar-refractivity contribution in [1.82, 2.24) is 9.55 Å². The van der Waals surface area contributed by atoms with E-state index in [1.165, 1.54) is 11.1 Å². The first kappa shape index (κ1) is 11.8. The van der Waals surface area contributed by atoms with Crippen LogP contribution in [-0.2, 0) is 19.4 Å². The molecule has 0 saturated carbocycles. The highest BCUT2D eigenvalue weighted by Crippen LogP contribution is 2.26. The normalized spacial score (nSPS) is 13.1. The molecule has 3 rings (SSSR count). The van der Waals surface area contributed by atoms with Crippen molar-refractivity contribution < 1.29 is 14.6 Å². The molecule has 5 heteroatoms. The van der Waals surface area contributed by atoms with Crippen LogP contribution in [0.15, 0.2) is 30.7 Å². The number of carboxylic acids is 1. The molecular formula is C14H14N2O3. The molecule has 0 radical (unpaired) electrons. The Morgan fingerprint density at radius 2 is 2.37 bits per heavy atom. The number of carboxylic acid groups (broad SMARTS) is 1. The number of aromatic carboxylic acids is 1. The summed E-state index contributed by atoms with van der Waals surface area (Å²) in [4.78, 5) is 14.6. The molecule has 1 aromatic heterocycles. The summed E-state index contributed by atoms with van der Waals surface area (Å²) in [7, 11) is 0. The fourth-order valence-corrected chi connectivity index (χ4v) is 2.25. The summed E-state index contributed by atoms with van der Waals surface area (Å²) in [5.74, 6) is -0.00651. The number of imidazole rings is 1. The van der Waals surface area contributed by atoms with Gasteiger partial charge < -0.3 is 14.4 Å². The van der Waals surface area contributed by atoms with Gasteiger partial charge in [-0.3, -0.25) is 0 Å². The van der Waals surface area contributed by atoms with E-state index in [-0.39, 0.29) is 5.69 Å². The van der Waals surface area contributed by atoms with Crippen LogP contribution in [0.25, 0.3) is 0 Å². The summed E-state index contributed by atoms with van der Waals surface area (Å²) in [6, 6.07) is 6.23. The second-order valence-electron chi connectivity index (χ2n) is 4.59. The summed E-state index contributed by atoms with van der Waals surface area (Å²) >= 11 is 0. The number of aromatic nitrogens is 2. The summed E-state index contributed by atoms with van der Waals surface area (Å²) in [6.45, 7) is 1.49. The van der Waals surface area contributed by atoms with Gasteiger partial charge >= 0.3 is 5.97 Å². The molecule has 0 spiro atoms. The van der Waals surface area contributed by atoms with Gasteiger partial charge in [-0.25, -0.2) is 9.78 Å². The zero-order valence-electron chi connectivity index (χ0n) is 10.4. The van der Waals surface area contributed by atoms with Crippen LogP contribution in [0.1, 0.15) is 21.6 Å². The Labute approximate surface area is 110 Å². The molecule has 1 aliphatic rings. The van der Waals surface area contributed by atoms with Gasteiger partial charge in [-0.1, -0.05) is 12.1 Å². The highest BCUT2D eigenvalue weighted by molar-refractivity contribution is 5.84. The van der Waals surface area contributed by atoms with Crippen molar-refractivity contribution in [3.05, 3.63) is 47.5 Å². The minimum absolute atomic E-state index is 0.0855. The van der Waals surface area contributed by atoms with Crippen LogP contribution < -0.4 is 4.74 Å². The molecule has 0 aliphatic carbocycles. The van der Waals surface area contributed by atoms with Gasteiger partial charge in [-0.2, -0.15) is 0 Å². The van der Waals surface area contributed by atoms with Crippen molar-refractivity contribution in [2.75, 3.05) is 6.61 Å². The maximum atomic E-state index is 10.7. The third-order valence-corrected chi connectivity index (χ3v) is 3.26.